The molecule has 3 nitrogen and oxygen atoms in total. The summed E-state index contributed by atoms with van der Waals surface area (Å²) in [5.41, 5.74) is 1.93. The SMILES string of the molecule is Cc1ccc(C(=O)N(CC2CCNCC2)C(C)C)cc1Br. The number of piperidine rings is 1. The fraction of sp³-hybridized carbons (Fsp3) is 0.588. The first-order valence-electron chi connectivity index (χ1n) is 7.77. The van der Waals surface area contributed by atoms with Crippen LogP contribution in [-0.4, -0.2) is 36.5 Å². The summed E-state index contributed by atoms with van der Waals surface area (Å²) in [6.07, 6.45) is 2.32. The lowest BCUT2D eigenvalue weighted by Gasteiger charge is -2.33. The zero-order chi connectivity index (χ0) is 15.4. The van der Waals surface area contributed by atoms with Crippen LogP contribution in [0, 0.1) is 12.8 Å². The van der Waals surface area contributed by atoms with Crippen molar-refractivity contribution in [3.05, 3.63) is 33.8 Å². The summed E-state index contributed by atoms with van der Waals surface area (Å²) in [5.74, 6) is 0.760. The van der Waals surface area contributed by atoms with Crippen molar-refractivity contribution in [2.45, 2.75) is 39.7 Å². The van der Waals surface area contributed by atoms with Gasteiger partial charge < -0.3 is 10.2 Å². The molecule has 1 aromatic rings. The molecule has 1 saturated heterocycles. The monoisotopic (exact) mass is 352 g/mol. The van der Waals surface area contributed by atoms with Crippen molar-refractivity contribution in [1.29, 1.82) is 0 Å². The van der Waals surface area contributed by atoms with Gasteiger partial charge in [0.15, 0.2) is 0 Å². The molecule has 1 N–H and O–H groups in total. The second-order valence-corrected chi connectivity index (χ2v) is 7.06. The molecular weight excluding hydrogens is 328 g/mol. The Balaban J connectivity index is 2.12. The Hall–Kier alpha value is -0.870. The van der Waals surface area contributed by atoms with E-state index in [0.717, 1.165) is 48.1 Å². The second-order valence-electron chi connectivity index (χ2n) is 6.21. The first-order valence-corrected chi connectivity index (χ1v) is 8.56. The van der Waals surface area contributed by atoms with Gasteiger partial charge in [-0.05, 0) is 70.3 Å². The van der Waals surface area contributed by atoms with Crippen molar-refractivity contribution >= 4 is 21.8 Å². The van der Waals surface area contributed by atoms with Crippen LogP contribution < -0.4 is 5.32 Å². The van der Waals surface area contributed by atoms with Crippen molar-refractivity contribution in [3.63, 3.8) is 0 Å². The van der Waals surface area contributed by atoms with Crippen LogP contribution >= 0.6 is 15.9 Å². The van der Waals surface area contributed by atoms with Gasteiger partial charge in [-0.15, -0.1) is 0 Å². The number of hydrogen-bond donors (Lipinski definition) is 1. The molecule has 0 aromatic heterocycles. The predicted octanol–water partition coefficient (Wildman–Crippen LogP) is 3.61. The molecule has 0 unspecified atom stereocenters. The highest BCUT2D eigenvalue weighted by atomic mass is 79.9. The van der Waals surface area contributed by atoms with E-state index < -0.39 is 0 Å². The van der Waals surface area contributed by atoms with E-state index >= 15 is 0 Å². The molecule has 0 spiro atoms. The second kappa shape index (κ2) is 7.41. The lowest BCUT2D eigenvalue weighted by atomic mass is 9.96. The van der Waals surface area contributed by atoms with Crippen LogP contribution in [0.25, 0.3) is 0 Å². The fourth-order valence-electron chi connectivity index (χ4n) is 2.76. The summed E-state index contributed by atoms with van der Waals surface area (Å²) < 4.78 is 0.999. The number of carbonyl (C=O) groups is 1. The summed E-state index contributed by atoms with van der Waals surface area (Å²) in [7, 11) is 0. The van der Waals surface area contributed by atoms with Crippen LogP contribution in [0.4, 0.5) is 0 Å². The summed E-state index contributed by atoms with van der Waals surface area (Å²) in [5, 5.41) is 3.38. The number of rotatable bonds is 4. The van der Waals surface area contributed by atoms with Crippen LogP contribution in [0.2, 0.25) is 0 Å². The Bertz CT molecular complexity index is 496. The zero-order valence-electron chi connectivity index (χ0n) is 13.2. The number of aryl methyl sites for hydroxylation is 1. The van der Waals surface area contributed by atoms with Gasteiger partial charge in [0, 0.05) is 22.6 Å². The molecule has 4 heteroatoms. The quantitative estimate of drug-likeness (QED) is 0.897. The third-order valence-electron chi connectivity index (χ3n) is 4.22. The molecule has 1 aromatic carbocycles. The van der Waals surface area contributed by atoms with Gasteiger partial charge in [-0.3, -0.25) is 4.79 Å². The molecule has 2 rings (SSSR count). The Morgan fingerprint density at radius 1 is 1.38 bits per heavy atom. The fourth-order valence-corrected chi connectivity index (χ4v) is 3.14. The van der Waals surface area contributed by atoms with Gasteiger partial charge in [-0.2, -0.15) is 0 Å². The molecule has 0 radical (unpaired) electrons. The predicted molar refractivity (Wildman–Crippen MR) is 90.6 cm³/mol. The summed E-state index contributed by atoms with van der Waals surface area (Å²) in [4.78, 5) is 14.8. The van der Waals surface area contributed by atoms with Gasteiger partial charge in [0.1, 0.15) is 0 Å². The van der Waals surface area contributed by atoms with Crippen molar-refractivity contribution in [3.8, 4) is 0 Å². The van der Waals surface area contributed by atoms with Crippen molar-refractivity contribution in [2.24, 2.45) is 5.92 Å². The number of amides is 1. The summed E-state index contributed by atoms with van der Waals surface area (Å²) in [6.45, 7) is 9.24. The number of nitrogens with zero attached hydrogens (tertiary/aromatic N) is 1. The molecule has 0 aliphatic carbocycles. The van der Waals surface area contributed by atoms with E-state index in [1.165, 1.54) is 0 Å². The van der Waals surface area contributed by atoms with Crippen molar-refractivity contribution in [1.82, 2.24) is 10.2 Å². The highest BCUT2D eigenvalue weighted by molar-refractivity contribution is 9.10. The number of hydrogen-bond acceptors (Lipinski definition) is 2. The van der Waals surface area contributed by atoms with Gasteiger partial charge in [0.25, 0.3) is 5.91 Å². The van der Waals surface area contributed by atoms with Gasteiger partial charge in [-0.1, -0.05) is 22.0 Å². The molecule has 1 fully saturated rings. The Morgan fingerprint density at radius 2 is 2.05 bits per heavy atom. The van der Waals surface area contributed by atoms with E-state index in [4.69, 9.17) is 0 Å². The average molecular weight is 353 g/mol. The molecule has 116 valence electrons. The maximum atomic E-state index is 12.8. The van der Waals surface area contributed by atoms with E-state index in [1.54, 1.807) is 0 Å². The standard InChI is InChI=1S/C17H25BrN2O/c1-12(2)20(11-14-6-8-19-9-7-14)17(21)15-5-4-13(3)16(18)10-15/h4-5,10,12,14,19H,6-9,11H2,1-3H3. The number of nitrogens with one attached hydrogen (secondary N) is 1. The van der Waals surface area contributed by atoms with Gasteiger partial charge in [0.05, 0.1) is 0 Å². The third kappa shape index (κ3) is 4.30. The zero-order valence-corrected chi connectivity index (χ0v) is 14.7. The van der Waals surface area contributed by atoms with Gasteiger partial charge >= 0.3 is 0 Å². The molecule has 0 atom stereocenters. The Kier molecular flexibility index (Phi) is 5.82. The van der Waals surface area contributed by atoms with Crippen LogP contribution in [0.1, 0.15) is 42.6 Å². The topological polar surface area (TPSA) is 32.3 Å². The van der Waals surface area contributed by atoms with E-state index in [2.05, 4.69) is 35.1 Å². The maximum Gasteiger partial charge on any atom is 0.254 e. The minimum absolute atomic E-state index is 0.143. The lowest BCUT2D eigenvalue weighted by Crippen LogP contribution is -2.43. The van der Waals surface area contributed by atoms with Crippen LogP contribution in [-0.2, 0) is 0 Å². The number of halogens is 1. The van der Waals surface area contributed by atoms with Gasteiger partial charge in [0.2, 0.25) is 0 Å². The molecule has 1 amide bonds. The molecule has 0 bridgehead atoms. The van der Waals surface area contributed by atoms with E-state index in [0.29, 0.717) is 5.92 Å². The normalized spacial score (nSPS) is 16.2. The number of carbonyl (C=O) groups excluding carboxylic acids is 1. The van der Waals surface area contributed by atoms with Crippen LogP contribution in [0.15, 0.2) is 22.7 Å². The minimum atomic E-state index is 0.143. The average Bonchev–Trinajstić information content (AvgIpc) is 2.47. The maximum absolute atomic E-state index is 12.8. The third-order valence-corrected chi connectivity index (χ3v) is 5.07. The molecule has 21 heavy (non-hydrogen) atoms. The highest BCUT2D eigenvalue weighted by Crippen LogP contribution is 2.21. The van der Waals surface area contributed by atoms with Crippen LogP contribution in [0.3, 0.4) is 0 Å². The van der Waals surface area contributed by atoms with Crippen molar-refractivity contribution in [2.75, 3.05) is 19.6 Å². The lowest BCUT2D eigenvalue weighted by molar-refractivity contribution is 0.0658. The first kappa shape index (κ1) is 16.5. The molecule has 0 saturated carbocycles. The Morgan fingerprint density at radius 3 is 2.62 bits per heavy atom. The molecule has 1 aliphatic rings. The van der Waals surface area contributed by atoms with Crippen molar-refractivity contribution < 1.29 is 4.79 Å². The van der Waals surface area contributed by atoms with E-state index in [1.807, 2.05) is 30.0 Å². The van der Waals surface area contributed by atoms with Gasteiger partial charge in [-0.25, -0.2) is 0 Å². The summed E-state index contributed by atoms with van der Waals surface area (Å²) >= 11 is 3.52. The van der Waals surface area contributed by atoms with E-state index in [-0.39, 0.29) is 11.9 Å². The smallest absolute Gasteiger partial charge is 0.254 e. The molecule has 1 aliphatic heterocycles. The first-order chi connectivity index (χ1) is 9.99. The Labute approximate surface area is 136 Å². The highest BCUT2D eigenvalue weighted by Gasteiger charge is 2.24. The summed E-state index contributed by atoms with van der Waals surface area (Å²) in [6, 6.07) is 6.10. The molecule has 1 heterocycles. The number of benzene rings is 1. The van der Waals surface area contributed by atoms with Crippen LogP contribution in [0.5, 0.6) is 0 Å². The molecular formula is C17H25BrN2O. The largest absolute Gasteiger partial charge is 0.336 e. The minimum Gasteiger partial charge on any atom is -0.336 e. The van der Waals surface area contributed by atoms with E-state index in [9.17, 15) is 4.79 Å².